The lowest BCUT2D eigenvalue weighted by Gasteiger charge is -2.29. The largest absolute Gasteiger partial charge is 0.356 e. The van der Waals surface area contributed by atoms with E-state index in [0.717, 1.165) is 37.0 Å². The topological polar surface area (TPSA) is 39.7 Å². The van der Waals surface area contributed by atoms with Crippen LogP contribution in [0, 0.1) is 11.7 Å². The molecule has 5 heteroatoms. The van der Waals surface area contributed by atoms with E-state index in [-0.39, 0.29) is 5.82 Å². The van der Waals surface area contributed by atoms with Crippen LogP contribution < -0.4 is 10.6 Å². The highest BCUT2D eigenvalue weighted by molar-refractivity contribution is 5.79. The van der Waals surface area contributed by atoms with Crippen molar-refractivity contribution in [3.05, 3.63) is 35.6 Å². The molecule has 0 saturated carbocycles. The third kappa shape index (κ3) is 5.64. The predicted octanol–water partition coefficient (Wildman–Crippen LogP) is 1.87. The number of hydrogen-bond acceptors (Lipinski definition) is 2. The van der Waals surface area contributed by atoms with E-state index in [1.807, 2.05) is 6.07 Å². The Kier molecular flexibility index (Phi) is 6.65. The summed E-state index contributed by atoms with van der Waals surface area (Å²) in [6.45, 7) is 4.07. The molecule has 2 rings (SSSR count). The fourth-order valence-corrected chi connectivity index (χ4v) is 2.75. The Morgan fingerprint density at radius 1 is 1.32 bits per heavy atom. The Morgan fingerprint density at radius 2 is 2.09 bits per heavy atom. The zero-order valence-electron chi connectivity index (χ0n) is 13.6. The van der Waals surface area contributed by atoms with Crippen LogP contribution in [0.2, 0.25) is 0 Å². The van der Waals surface area contributed by atoms with E-state index in [4.69, 9.17) is 0 Å². The van der Waals surface area contributed by atoms with E-state index in [9.17, 15) is 4.39 Å². The first-order chi connectivity index (χ1) is 10.7. The van der Waals surface area contributed by atoms with Crippen LogP contribution in [0.3, 0.4) is 0 Å². The fourth-order valence-electron chi connectivity index (χ4n) is 2.75. The van der Waals surface area contributed by atoms with Crippen LogP contribution in [-0.4, -0.2) is 51.1 Å². The van der Waals surface area contributed by atoms with Gasteiger partial charge in [0.05, 0.1) is 0 Å². The molecule has 0 aliphatic carbocycles. The number of aliphatic imine (C=N–C) groups is 1. The number of piperidine rings is 1. The monoisotopic (exact) mass is 306 g/mol. The van der Waals surface area contributed by atoms with Crippen molar-refractivity contribution in [2.24, 2.45) is 10.9 Å². The minimum Gasteiger partial charge on any atom is -0.356 e. The summed E-state index contributed by atoms with van der Waals surface area (Å²) in [5, 5.41) is 6.69. The number of guanidine groups is 1. The van der Waals surface area contributed by atoms with Crippen molar-refractivity contribution < 1.29 is 4.39 Å². The quantitative estimate of drug-likeness (QED) is 0.644. The van der Waals surface area contributed by atoms with Crippen molar-refractivity contribution in [1.29, 1.82) is 0 Å². The van der Waals surface area contributed by atoms with Crippen molar-refractivity contribution in [1.82, 2.24) is 15.5 Å². The highest BCUT2D eigenvalue weighted by Gasteiger charge is 2.16. The number of likely N-dealkylation sites (tertiary alicyclic amines) is 1. The normalized spacial score (nSPS) is 17.5. The van der Waals surface area contributed by atoms with E-state index in [2.05, 4.69) is 27.6 Å². The molecule has 0 radical (unpaired) electrons. The molecule has 1 saturated heterocycles. The van der Waals surface area contributed by atoms with Crippen molar-refractivity contribution in [2.45, 2.75) is 19.3 Å². The minimum atomic E-state index is -0.178. The molecule has 1 fully saturated rings. The first kappa shape index (κ1) is 16.7. The molecule has 0 aromatic heterocycles. The van der Waals surface area contributed by atoms with Crippen LogP contribution >= 0.6 is 0 Å². The summed E-state index contributed by atoms with van der Waals surface area (Å²) in [6.07, 6.45) is 3.26. The van der Waals surface area contributed by atoms with Gasteiger partial charge in [0.15, 0.2) is 5.96 Å². The summed E-state index contributed by atoms with van der Waals surface area (Å²) in [7, 11) is 3.96. The third-order valence-corrected chi connectivity index (χ3v) is 4.22. The fraction of sp³-hybridized carbons (Fsp3) is 0.588. The summed E-state index contributed by atoms with van der Waals surface area (Å²) in [6, 6.07) is 6.74. The average molecular weight is 306 g/mol. The molecule has 1 aromatic carbocycles. The molecule has 1 aliphatic rings. The van der Waals surface area contributed by atoms with Crippen molar-refractivity contribution >= 4 is 5.96 Å². The van der Waals surface area contributed by atoms with Crippen LogP contribution in [0.25, 0.3) is 0 Å². The lowest BCUT2D eigenvalue weighted by molar-refractivity contribution is 0.220. The molecule has 0 unspecified atom stereocenters. The predicted molar refractivity (Wildman–Crippen MR) is 89.7 cm³/mol. The van der Waals surface area contributed by atoms with E-state index in [1.165, 1.54) is 32.0 Å². The SMILES string of the molecule is CN=C(NCCc1cccc(F)c1)NCC1CCN(C)CC1. The van der Waals surface area contributed by atoms with Gasteiger partial charge in [0.25, 0.3) is 0 Å². The molecule has 0 spiro atoms. The van der Waals surface area contributed by atoms with Gasteiger partial charge in [-0.3, -0.25) is 4.99 Å². The second kappa shape index (κ2) is 8.73. The lowest BCUT2D eigenvalue weighted by Crippen LogP contribution is -2.42. The van der Waals surface area contributed by atoms with Crippen LogP contribution in [0.15, 0.2) is 29.3 Å². The zero-order chi connectivity index (χ0) is 15.8. The number of benzene rings is 1. The minimum absolute atomic E-state index is 0.178. The summed E-state index contributed by atoms with van der Waals surface area (Å²) in [5.41, 5.74) is 0.998. The number of nitrogens with zero attached hydrogens (tertiary/aromatic N) is 2. The molecule has 2 N–H and O–H groups in total. The Bertz CT molecular complexity index is 481. The average Bonchev–Trinajstić information content (AvgIpc) is 2.52. The molecule has 0 atom stereocenters. The Morgan fingerprint density at radius 3 is 2.77 bits per heavy atom. The first-order valence-electron chi connectivity index (χ1n) is 8.05. The standard InChI is InChI=1S/C17H27FN4/c1-19-17(21-13-15-7-10-22(2)11-8-15)20-9-6-14-4-3-5-16(18)12-14/h3-5,12,15H,6-11,13H2,1-2H3,(H2,19,20,21). The molecule has 1 heterocycles. The Labute approximate surface area is 132 Å². The zero-order valence-corrected chi connectivity index (χ0v) is 13.6. The van der Waals surface area contributed by atoms with Gasteiger partial charge in [-0.1, -0.05) is 12.1 Å². The van der Waals surface area contributed by atoms with Gasteiger partial charge < -0.3 is 15.5 Å². The summed E-state index contributed by atoms with van der Waals surface area (Å²) in [5.74, 6) is 1.37. The van der Waals surface area contributed by atoms with Crippen LogP contribution in [0.5, 0.6) is 0 Å². The summed E-state index contributed by atoms with van der Waals surface area (Å²) < 4.78 is 13.1. The molecular weight excluding hydrogens is 279 g/mol. The van der Waals surface area contributed by atoms with Gasteiger partial charge in [-0.05, 0) is 63.0 Å². The van der Waals surface area contributed by atoms with Gasteiger partial charge >= 0.3 is 0 Å². The van der Waals surface area contributed by atoms with Gasteiger partial charge in [0.2, 0.25) is 0 Å². The molecule has 122 valence electrons. The van der Waals surface area contributed by atoms with Crippen LogP contribution in [0.4, 0.5) is 4.39 Å². The Hall–Kier alpha value is -1.62. The number of halogens is 1. The molecule has 22 heavy (non-hydrogen) atoms. The molecule has 0 bridgehead atoms. The van der Waals surface area contributed by atoms with Crippen molar-refractivity contribution in [2.75, 3.05) is 40.3 Å². The van der Waals surface area contributed by atoms with E-state index in [0.29, 0.717) is 0 Å². The van der Waals surface area contributed by atoms with Crippen molar-refractivity contribution in [3.8, 4) is 0 Å². The van der Waals surface area contributed by atoms with Crippen LogP contribution in [-0.2, 0) is 6.42 Å². The third-order valence-electron chi connectivity index (χ3n) is 4.22. The highest BCUT2D eigenvalue weighted by atomic mass is 19.1. The van der Waals surface area contributed by atoms with E-state index >= 15 is 0 Å². The van der Waals surface area contributed by atoms with Gasteiger partial charge in [0.1, 0.15) is 5.82 Å². The molecule has 4 nitrogen and oxygen atoms in total. The van der Waals surface area contributed by atoms with E-state index in [1.54, 1.807) is 19.2 Å². The second-order valence-electron chi connectivity index (χ2n) is 6.01. The number of hydrogen-bond donors (Lipinski definition) is 2. The Balaban J connectivity index is 1.67. The van der Waals surface area contributed by atoms with Gasteiger partial charge in [-0.25, -0.2) is 4.39 Å². The molecule has 1 aromatic rings. The summed E-state index contributed by atoms with van der Waals surface area (Å²) >= 11 is 0. The second-order valence-corrected chi connectivity index (χ2v) is 6.01. The van der Waals surface area contributed by atoms with Crippen LogP contribution in [0.1, 0.15) is 18.4 Å². The van der Waals surface area contributed by atoms with Gasteiger partial charge in [0, 0.05) is 20.1 Å². The first-order valence-corrected chi connectivity index (χ1v) is 8.05. The smallest absolute Gasteiger partial charge is 0.190 e. The molecule has 1 aliphatic heterocycles. The lowest BCUT2D eigenvalue weighted by atomic mass is 9.97. The summed E-state index contributed by atoms with van der Waals surface area (Å²) in [4.78, 5) is 6.62. The van der Waals surface area contributed by atoms with E-state index < -0.39 is 0 Å². The maximum Gasteiger partial charge on any atom is 0.190 e. The maximum atomic E-state index is 13.1. The number of nitrogens with one attached hydrogen (secondary N) is 2. The molecule has 0 amide bonds. The maximum absolute atomic E-state index is 13.1. The number of rotatable bonds is 5. The van der Waals surface area contributed by atoms with Crippen molar-refractivity contribution in [3.63, 3.8) is 0 Å². The van der Waals surface area contributed by atoms with Gasteiger partial charge in [-0.15, -0.1) is 0 Å². The highest BCUT2D eigenvalue weighted by Crippen LogP contribution is 2.14. The molecular formula is C17H27FN4. The van der Waals surface area contributed by atoms with Gasteiger partial charge in [-0.2, -0.15) is 0 Å².